The molecule has 0 fully saturated rings. The number of aromatic nitrogens is 3. The molecule has 0 atom stereocenters. The van der Waals surface area contributed by atoms with E-state index >= 15 is 0 Å². The minimum Gasteiger partial charge on any atom is -0.382 e. The number of nitrogens with two attached hydrogens (primary N) is 2. The van der Waals surface area contributed by atoms with Crippen LogP contribution in [0.1, 0.15) is 17.1 Å². The van der Waals surface area contributed by atoms with Crippen molar-refractivity contribution in [2.24, 2.45) is 5.73 Å². The van der Waals surface area contributed by atoms with Crippen molar-refractivity contribution in [3.63, 3.8) is 0 Å². The van der Waals surface area contributed by atoms with Gasteiger partial charge in [0.1, 0.15) is 29.2 Å². The Labute approximate surface area is 170 Å². The van der Waals surface area contributed by atoms with Crippen LogP contribution in [0, 0.1) is 11.2 Å². The Balaban J connectivity index is 1.82. The van der Waals surface area contributed by atoms with Gasteiger partial charge in [-0.2, -0.15) is 0 Å². The lowest BCUT2D eigenvalue weighted by atomic mass is 10.2. The number of carbonyl (C=O) groups excluding carboxylic acids is 1. The van der Waals surface area contributed by atoms with Crippen LogP contribution in [0.3, 0.4) is 0 Å². The van der Waals surface area contributed by atoms with Gasteiger partial charge in [0.05, 0.1) is 18.4 Å². The number of benzene rings is 1. The van der Waals surface area contributed by atoms with Gasteiger partial charge >= 0.3 is 0 Å². The first-order chi connectivity index (χ1) is 14.5. The van der Waals surface area contributed by atoms with Crippen molar-refractivity contribution in [3.8, 4) is 0 Å². The number of amides is 1. The van der Waals surface area contributed by atoms with Crippen molar-refractivity contribution in [2.75, 3.05) is 17.6 Å². The average Bonchev–Trinajstić information content (AvgIpc) is 3.28. The molecule has 0 spiro atoms. The van der Waals surface area contributed by atoms with Gasteiger partial charge in [-0.25, -0.2) is 14.4 Å². The van der Waals surface area contributed by atoms with Crippen LogP contribution < -0.4 is 22.1 Å². The molecular weight excluding hydrogens is 391 g/mol. The van der Waals surface area contributed by atoms with Crippen molar-refractivity contribution in [3.05, 3.63) is 71.8 Å². The topological polar surface area (TPSA) is 169 Å². The molecule has 2 heterocycles. The number of nitrogen functional groups attached to an aromatic ring is 1. The molecule has 154 valence electrons. The van der Waals surface area contributed by atoms with Crippen LogP contribution in [-0.4, -0.2) is 33.3 Å². The van der Waals surface area contributed by atoms with Crippen molar-refractivity contribution in [2.45, 2.75) is 6.54 Å². The standard InChI is InChI=1S/C19H19FN8O2/c20-12-4-2-1-3-11(12)9-24-15(14-5-6-30-28-14)7-13(22)19-25-10-16(18(23)27-19)26-17(29)8-21/h1-7,10,22,24H,8-9,21H2,(H,26,29)(H2,23,25,27)/b15-7-,22-13?. The normalized spacial score (nSPS) is 11.2. The molecule has 0 aliphatic carbocycles. The second-order valence-corrected chi connectivity index (χ2v) is 6.05. The minimum absolute atomic E-state index is 0.0118. The molecule has 0 bridgehead atoms. The number of hydrogen-bond donors (Lipinski definition) is 5. The Morgan fingerprint density at radius 1 is 1.30 bits per heavy atom. The number of nitrogens with one attached hydrogen (secondary N) is 3. The van der Waals surface area contributed by atoms with E-state index in [9.17, 15) is 9.18 Å². The Morgan fingerprint density at radius 3 is 2.77 bits per heavy atom. The number of hydrogen-bond acceptors (Lipinski definition) is 9. The number of rotatable bonds is 8. The number of anilines is 2. The Morgan fingerprint density at radius 2 is 2.10 bits per heavy atom. The summed E-state index contributed by atoms with van der Waals surface area (Å²) < 4.78 is 18.8. The predicted molar refractivity (Wildman–Crippen MR) is 109 cm³/mol. The van der Waals surface area contributed by atoms with E-state index in [0.717, 1.165) is 0 Å². The van der Waals surface area contributed by atoms with Gasteiger partial charge in [0.2, 0.25) is 5.91 Å². The zero-order valence-electron chi connectivity index (χ0n) is 15.7. The number of carbonyl (C=O) groups is 1. The molecule has 1 amide bonds. The van der Waals surface area contributed by atoms with Crippen LogP contribution in [0.25, 0.3) is 5.70 Å². The Bertz CT molecular complexity index is 1080. The first-order valence-electron chi connectivity index (χ1n) is 8.79. The van der Waals surface area contributed by atoms with Gasteiger partial charge in [-0.3, -0.25) is 10.2 Å². The zero-order chi connectivity index (χ0) is 21.5. The highest BCUT2D eigenvalue weighted by Gasteiger charge is 2.13. The van der Waals surface area contributed by atoms with Crippen LogP contribution in [0.2, 0.25) is 0 Å². The highest BCUT2D eigenvalue weighted by atomic mass is 19.1. The van der Waals surface area contributed by atoms with Gasteiger partial charge in [-0.15, -0.1) is 0 Å². The molecule has 0 radical (unpaired) electrons. The maximum absolute atomic E-state index is 13.9. The molecule has 0 aliphatic heterocycles. The Hall–Kier alpha value is -4.12. The fourth-order valence-electron chi connectivity index (χ4n) is 2.43. The maximum Gasteiger partial charge on any atom is 0.238 e. The molecule has 30 heavy (non-hydrogen) atoms. The van der Waals surface area contributed by atoms with E-state index in [1.165, 1.54) is 24.6 Å². The lowest BCUT2D eigenvalue weighted by Crippen LogP contribution is -2.23. The summed E-state index contributed by atoms with van der Waals surface area (Å²) in [6, 6.07) is 7.92. The first-order valence-corrected chi connectivity index (χ1v) is 8.79. The van der Waals surface area contributed by atoms with Crippen LogP contribution in [0.15, 0.2) is 53.4 Å². The summed E-state index contributed by atoms with van der Waals surface area (Å²) >= 11 is 0. The minimum atomic E-state index is -0.446. The van der Waals surface area contributed by atoms with Crippen molar-refractivity contribution < 1.29 is 13.7 Å². The highest BCUT2D eigenvalue weighted by molar-refractivity contribution is 6.08. The lowest BCUT2D eigenvalue weighted by Gasteiger charge is -2.11. The maximum atomic E-state index is 13.9. The second kappa shape index (κ2) is 9.39. The summed E-state index contributed by atoms with van der Waals surface area (Å²) in [5.74, 6) is -0.793. The van der Waals surface area contributed by atoms with E-state index in [-0.39, 0.29) is 41.9 Å². The van der Waals surface area contributed by atoms with Gasteiger partial charge in [-0.1, -0.05) is 23.4 Å². The molecular formula is C19H19FN8O2. The molecule has 10 nitrogen and oxygen atoms in total. The summed E-state index contributed by atoms with van der Waals surface area (Å²) in [4.78, 5) is 19.5. The average molecular weight is 410 g/mol. The predicted octanol–water partition coefficient (Wildman–Crippen LogP) is 1.28. The van der Waals surface area contributed by atoms with E-state index in [4.69, 9.17) is 21.4 Å². The summed E-state index contributed by atoms with van der Waals surface area (Å²) in [5, 5.41) is 17.6. The summed E-state index contributed by atoms with van der Waals surface area (Å²) in [6.07, 6.45) is 4.09. The molecule has 1 aromatic carbocycles. The van der Waals surface area contributed by atoms with E-state index in [1.54, 1.807) is 24.3 Å². The van der Waals surface area contributed by atoms with Gasteiger partial charge in [0.25, 0.3) is 0 Å². The zero-order valence-corrected chi connectivity index (χ0v) is 15.7. The van der Waals surface area contributed by atoms with Crippen molar-refractivity contribution in [1.29, 1.82) is 5.41 Å². The third kappa shape index (κ3) is 5.02. The first kappa shape index (κ1) is 20.6. The van der Waals surface area contributed by atoms with Crippen molar-refractivity contribution in [1.82, 2.24) is 20.4 Å². The molecule has 3 aromatic rings. The number of allylic oxidation sites excluding steroid dienone is 1. The van der Waals surface area contributed by atoms with E-state index < -0.39 is 5.91 Å². The van der Waals surface area contributed by atoms with Gasteiger partial charge in [0.15, 0.2) is 11.6 Å². The largest absolute Gasteiger partial charge is 0.382 e. The van der Waals surface area contributed by atoms with E-state index in [1.807, 2.05) is 0 Å². The summed E-state index contributed by atoms with van der Waals surface area (Å²) in [7, 11) is 0. The monoisotopic (exact) mass is 410 g/mol. The van der Waals surface area contributed by atoms with Crippen LogP contribution in [0.4, 0.5) is 15.9 Å². The third-order valence-electron chi connectivity index (χ3n) is 3.95. The van der Waals surface area contributed by atoms with Gasteiger partial charge in [0, 0.05) is 18.2 Å². The molecule has 0 saturated heterocycles. The fourth-order valence-corrected chi connectivity index (χ4v) is 2.43. The van der Waals surface area contributed by atoms with E-state index in [0.29, 0.717) is 17.0 Å². The van der Waals surface area contributed by atoms with Gasteiger partial charge < -0.3 is 26.6 Å². The second-order valence-electron chi connectivity index (χ2n) is 6.05. The highest BCUT2D eigenvalue weighted by Crippen LogP contribution is 2.16. The lowest BCUT2D eigenvalue weighted by molar-refractivity contribution is -0.114. The molecule has 2 aromatic heterocycles. The third-order valence-corrected chi connectivity index (χ3v) is 3.95. The molecule has 3 rings (SSSR count). The molecule has 0 aliphatic rings. The smallest absolute Gasteiger partial charge is 0.238 e. The quantitative estimate of drug-likeness (QED) is 0.346. The van der Waals surface area contributed by atoms with Crippen LogP contribution in [-0.2, 0) is 11.3 Å². The summed E-state index contributed by atoms with van der Waals surface area (Å²) in [6.45, 7) is -0.0554. The van der Waals surface area contributed by atoms with Gasteiger partial charge in [-0.05, 0) is 12.1 Å². The SMILES string of the molecule is N=C(/C=C(\NCc1ccccc1F)c1ccon1)c1ncc(NC(=O)CN)c(N)n1. The van der Waals surface area contributed by atoms with E-state index in [2.05, 4.69) is 25.8 Å². The Kier molecular flexibility index (Phi) is 6.45. The molecule has 0 unspecified atom stereocenters. The fraction of sp³-hybridized carbons (Fsp3) is 0.105. The number of nitrogens with zero attached hydrogens (tertiary/aromatic N) is 3. The van der Waals surface area contributed by atoms with Crippen LogP contribution in [0.5, 0.6) is 0 Å². The van der Waals surface area contributed by atoms with Crippen molar-refractivity contribution >= 4 is 28.8 Å². The molecule has 7 N–H and O–H groups in total. The molecule has 11 heteroatoms. The van der Waals surface area contributed by atoms with Crippen LogP contribution >= 0.6 is 0 Å². The number of halogens is 1. The molecule has 0 saturated carbocycles. The summed E-state index contributed by atoms with van der Waals surface area (Å²) in [5.41, 5.74) is 12.4.